The standard InChI is InChI=1S/C20H17ClF3N3O3/c1-11-14(10-25-27(11)13-6-4-5-12(7-13)20(22,23)24)19(28)26-16-9-17(29-2)15(21)8-18(16)30-3/h4-10H,1-3H3,(H,26,28). The summed E-state index contributed by atoms with van der Waals surface area (Å²) in [6, 6.07) is 7.69. The van der Waals surface area contributed by atoms with Gasteiger partial charge in [-0.05, 0) is 25.1 Å². The minimum absolute atomic E-state index is 0.184. The normalized spacial score (nSPS) is 11.3. The summed E-state index contributed by atoms with van der Waals surface area (Å²) in [7, 11) is 2.85. The fourth-order valence-corrected chi connectivity index (χ4v) is 3.09. The number of benzene rings is 2. The quantitative estimate of drug-likeness (QED) is 0.599. The summed E-state index contributed by atoms with van der Waals surface area (Å²) in [5.41, 5.74) is 0.246. The second-order valence-corrected chi connectivity index (χ2v) is 6.65. The number of halogens is 4. The van der Waals surface area contributed by atoms with Crippen molar-refractivity contribution in [3.05, 3.63) is 64.4 Å². The average molecular weight is 440 g/mol. The van der Waals surface area contributed by atoms with Gasteiger partial charge in [0.2, 0.25) is 0 Å². The van der Waals surface area contributed by atoms with Crippen molar-refractivity contribution in [2.45, 2.75) is 13.1 Å². The molecule has 0 radical (unpaired) electrons. The molecule has 2 aromatic carbocycles. The molecule has 10 heteroatoms. The third-order valence-electron chi connectivity index (χ3n) is 4.39. The molecule has 6 nitrogen and oxygen atoms in total. The van der Waals surface area contributed by atoms with Crippen LogP contribution >= 0.6 is 11.6 Å². The summed E-state index contributed by atoms with van der Waals surface area (Å²) in [4.78, 5) is 12.8. The monoisotopic (exact) mass is 439 g/mol. The van der Waals surface area contributed by atoms with Gasteiger partial charge >= 0.3 is 6.18 Å². The number of rotatable bonds is 5. The number of carbonyl (C=O) groups excluding carboxylic acids is 1. The van der Waals surface area contributed by atoms with E-state index in [1.165, 1.54) is 49.4 Å². The number of hydrogen-bond acceptors (Lipinski definition) is 4. The highest BCUT2D eigenvalue weighted by Gasteiger charge is 2.30. The molecule has 1 heterocycles. The number of nitrogens with one attached hydrogen (secondary N) is 1. The van der Waals surface area contributed by atoms with Gasteiger partial charge < -0.3 is 14.8 Å². The predicted molar refractivity (Wildman–Crippen MR) is 106 cm³/mol. The van der Waals surface area contributed by atoms with Crippen molar-refractivity contribution >= 4 is 23.2 Å². The molecule has 0 aliphatic rings. The van der Waals surface area contributed by atoms with E-state index in [9.17, 15) is 18.0 Å². The number of alkyl halides is 3. The number of methoxy groups -OCH3 is 2. The molecule has 0 aliphatic carbocycles. The van der Waals surface area contributed by atoms with Gasteiger partial charge in [0.1, 0.15) is 11.5 Å². The SMILES string of the molecule is COc1cc(NC(=O)c2cnn(-c3cccc(C(F)(F)F)c3)c2C)c(OC)cc1Cl. The summed E-state index contributed by atoms with van der Waals surface area (Å²) >= 11 is 6.06. The molecule has 0 atom stereocenters. The third-order valence-corrected chi connectivity index (χ3v) is 4.69. The molecule has 3 rings (SSSR count). The van der Waals surface area contributed by atoms with E-state index in [1.807, 2.05) is 0 Å². The van der Waals surface area contributed by atoms with Crippen LogP contribution in [0.25, 0.3) is 5.69 Å². The van der Waals surface area contributed by atoms with Gasteiger partial charge in [-0.1, -0.05) is 17.7 Å². The zero-order chi connectivity index (χ0) is 22.1. The van der Waals surface area contributed by atoms with Crippen LogP contribution in [0, 0.1) is 6.92 Å². The summed E-state index contributed by atoms with van der Waals surface area (Å²) in [5.74, 6) is 0.134. The number of ether oxygens (including phenoxy) is 2. The lowest BCUT2D eigenvalue weighted by atomic mass is 10.2. The van der Waals surface area contributed by atoms with Crippen molar-refractivity contribution in [1.29, 1.82) is 0 Å². The first-order chi connectivity index (χ1) is 14.2. The van der Waals surface area contributed by atoms with E-state index >= 15 is 0 Å². The smallest absolute Gasteiger partial charge is 0.416 e. The van der Waals surface area contributed by atoms with Crippen LogP contribution in [0.4, 0.5) is 18.9 Å². The molecule has 158 valence electrons. The van der Waals surface area contributed by atoms with Crippen LogP contribution in [0.5, 0.6) is 11.5 Å². The first-order valence-electron chi connectivity index (χ1n) is 8.60. The van der Waals surface area contributed by atoms with Gasteiger partial charge in [-0.15, -0.1) is 0 Å². The number of nitrogens with zero attached hydrogens (tertiary/aromatic N) is 2. The Morgan fingerprint density at radius 3 is 2.47 bits per heavy atom. The van der Waals surface area contributed by atoms with E-state index in [1.54, 1.807) is 6.92 Å². The highest BCUT2D eigenvalue weighted by atomic mass is 35.5. The van der Waals surface area contributed by atoms with Gasteiger partial charge in [-0.25, -0.2) is 4.68 Å². The Balaban J connectivity index is 1.93. The van der Waals surface area contributed by atoms with Gasteiger partial charge in [-0.3, -0.25) is 4.79 Å². The molecule has 0 fully saturated rings. The van der Waals surface area contributed by atoms with E-state index in [2.05, 4.69) is 10.4 Å². The Kier molecular flexibility index (Phi) is 5.93. The lowest BCUT2D eigenvalue weighted by molar-refractivity contribution is -0.137. The zero-order valence-electron chi connectivity index (χ0n) is 16.2. The van der Waals surface area contributed by atoms with Crippen LogP contribution in [0.15, 0.2) is 42.6 Å². The molecular formula is C20H17ClF3N3O3. The Morgan fingerprint density at radius 1 is 1.13 bits per heavy atom. The predicted octanol–water partition coefficient (Wildman–Crippen LogP) is 5.12. The lowest BCUT2D eigenvalue weighted by Gasteiger charge is -2.13. The van der Waals surface area contributed by atoms with Crippen LogP contribution in [0.2, 0.25) is 5.02 Å². The van der Waals surface area contributed by atoms with E-state index in [4.69, 9.17) is 21.1 Å². The summed E-state index contributed by atoms with van der Waals surface area (Å²) < 4.78 is 50.6. The van der Waals surface area contributed by atoms with Crippen molar-refractivity contribution in [2.24, 2.45) is 0 Å². The van der Waals surface area contributed by atoms with Crippen LogP contribution in [-0.4, -0.2) is 29.9 Å². The Morgan fingerprint density at radius 2 is 1.83 bits per heavy atom. The fourth-order valence-electron chi connectivity index (χ4n) is 2.85. The molecule has 3 aromatic rings. The van der Waals surface area contributed by atoms with Crippen LogP contribution in [-0.2, 0) is 6.18 Å². The second kappa shape index (κ2) is 8.27. The molecule has 0 saturated carbocycles. The molecule has 0 unspecified atom stereocenters. The molecule has 0 saturated heterocycles. The zero-order valence-corrected chi connectivity index (χ0v) is 16.9. The third kappa shape index (κ3) is 4.20. The second-order valence-electron chi connectivity index (χ2n) is 6.24. The molecule has 0 aliphatic heterocycles. The Hall–Kier alpha value is -3.20. The Bertz CT molecular complexity index is 1100. The number of carbonyl (C=O) groups is 1. The van der Waals surface area contributed by atoms with Crippen molar-refractivity contribution in [1.82, 2.24) is 9.78 Å². The minimum Gasteiger partial charge on any atom is -0.495 e. The highest BCUT2D eigenvalue weighted by Crippen LogP contribution is 2.36. The summed E-state index contributed by atoms with van der Waals surface area (Å²) in [6.07, 6.45) is -3.20. The van der Waals surface area contributed by atoms with Crippen molar-refractivity contribution < 1.29 is 27.4 Å². The summed E-state index contributed by atoms with van der Waals surface area (Å²) in [6.45, 7) is 1.59. The molecule has 1 aromatic heterocycles. The van der Waals surface area contributed by atoms with Crippen LogP contribution < -0.4 is 14.8 Å². The molecule has 1 amide bonds. The van der Waals surface area contributed by atoms with Gasteiger partial charge in [0, 0.05) is 12.1 Å². The molecule has 0 bridgehead atoms. The first kappa shape index (κ1) is 21.5. The van der Waals surface area contributed by atoms with Gasteiger partial charge in [0.15, 0.2) is 0 Å². The van der Waals surface area contributed by atoms with Crippen LogP contribution in [0.3, 0.4) is 0 Å². The molecule has 30 heavy (non-hydrogen) atoms. The number of hydrogen-bond donors (Lipinski definition) is 1. The van der Waals surface area contributed by atoms with Gasteiger partial charge in [0.05, 0.1) is 53.6 Å². The molecular weight excluding hydrogens is 423 g/mol. The average Bonchev–Trinajstić information content (AvgIpc) is 3.09. The van der Waals surface area contributed by atoms with Crippen molar-refractivity contribution in [3.63, 3.8) is 0 Å². The molecule has 1 N–H and O–H groups in total. The van der Waals surface area contributed by atoms with E-state index < -0.39 is 17.6 Å². The largest absolute Gasteiger partial charge is 0.495 e. The van der Waals surface area contributed by atoms with E-state index in [0.29, 0.717) is 27.9 Å². The van der Waals surface area contributed by atoms with Crippen LogP contribution in [0.1, 0.15) is 21.6 Å². The number of amides is 1. The summed E-state index contributed by atoms with van der Waals surface area (Å²) in [5, 5.41) is 7.07. The van der Waals surface area contributed by atoms with Gasteiger partial charge in [0.25, 0.3) is 5.91 Å². The number of aromatic nitrogens is 2. The molecule has 0 spiro atoms. The minimum atomic E-state index is -4.48. The van der Waals surface area contributed by atoms with E-state index in [0.717, 1.165) is 12.1 Å². The maximum absolute atomic E-state index is 13.0. The maximum Gasteiger partial charge on any atom is 0.416 e. The lowest BCUT2D eigenvalue weighted by Crippen LogP contribution is -2.14. The van der Waals surface area contributed by atoms with E-state index in [-0.39, 0.29) is 11.3 Å². The first-order valence-corrected chi connectivity index (χ1v) is 8.98. The maximum atomic E-state index is 13.0. The van der Waals surface area contributed by atoms with Gasteiger partial charge in [-0.2, -0.15) is 18.3 Å². The number of anilines is 1. The highest BCUT2D eigenvalue weighted by molar-refractivity contribution is 6.32. The Labute approximate surface area is 175 Å². The van der Waals surface area contributed by atoms with Crippen molar-refractivity contribution in [3.8, 4) is 17.2 Å². The van der Waals surface area contributed by atoms with Crippen molar-refractivity contribution in [2.75, 3.05) is 19.5 Å². The topological polar surface area (TPSA) is 65.4 Å². The fraction of sp³-hybridized carbons (Fsp3) is 0.200.